The molecule has 0 saturated heterocycles. The zero-order valence-corrected chi connectivity index (χ0v) is 27.0. The van der Waals surface area contributed by atoms with E-state index in [1.54, 1.807) is 0 Å². The average Bonchev–Trinajstić information content (AvgIpc) is 3.10. The summed E-state index contributed by atoms with van der Waals surface area (Å²) in [5.74, 6) is 0. The first-order valence-corrected chi connectivity index (χ1v) is 16.6. The first-order chi connectivity index (χ1) is 22.8. The Bertz CT molecular complexity index is 2280. The van der Waals surface area contributed by atoms with E-state index in [9.17, 15) is 5.26 Å². The predicted molar refractivity (Wildman–Crippen MR) is 195 cm³/mol. The van der Waals surface area contributed by atoms with E-state index in [4.69, 9.17) is 0 Å². The summed E-state index contributed by atoms with van der Waals surface area (Å²) in [6, 6.07) is 47.0. The fourth-order valence-electron chi connectivity index (χ4n) is 9.22. The van der Waals surface area contributed by atoms with E-state index < -0.39 is 0 Å². The van der Waals surface area contributed by atoms with Gasteiger partial charge in [0.1, 0.15) is 0 Å². The molecule has 0 aliphatic carbocycles. The Hall–Kier alpha value is -5.53. The number of benzene rings is 6. The zero-order valence-electron chi connectivity index (χ0n) is 27.0. The van der Waals surface area contributed by atoms with Gasteiger partial charge in [-0.1, -0.05) is 113 Å². The van der Waals surface area contributed by atoms with Crippen LogP contribution in [0.4, 0.5) is 34.1 Å². The van der Waals surface area contributed by atoms with Crippen LogP contribution in [0.15, 0.2) is 121 Å². The van der Waals surface area contributed by atoms with Crippen LogP contribution in [-0.4, -0.2) is 6.71 Å². The second kappa shape index (κ2) is 8.84. The molecule has 0 aromatic heterocycles. The second-order valence-corrected chi connectivity index (χ2v) is 14.5. The van der Waals surface area contributed by atoms with Crippen LogP contribution in [0.1, 0.15) is 55.5 Å². The van der Waals surface area contributed by atoms with Crippen LogP contribution in [0.2, 0.25) is 0 Å². The van der Waals surface area contributed by atoms with Crippen molar-refractivity contribution in [3.05, 3.63) is 149 Å². The Morgan fingerprint density at radius 2 is 1.00 bits per heavy atom. The monoisotopic (exact) mass is 601 g/mol. The van der Waals surface area contributed by atoms with E-state index in [1.807, 2.05) is 18.2 Å². The van der Waals surface area contributed by atoms with Crippen molar-refractivity contribution >= 4 is 57.2 Å². The van der Waals surface area contributed by atoms with Gasteiger partial charge in [0.05, 0.1) is 23.0 Å². The van der Waals surface area contributed by atoms with Gasteiger partial charge in [0.15, 0.2) is 0 Å². The highest BCUT2D eigenvalue weighted by Gasteiger charge is 2.50. The molecule has 0 saturated carbocycles. The quantitative estimate of drug-likeness (QED) is 0.177. The Balaban J connectivity index is 1.39. The lowest BCUT2D eigenvalue weighted by Gasteiger charge is -2.52. The molecule has 10 rings (SSSR count). The zero-order chi connectivity index (χ0) is 31.8. The number of nitrogens with zero attached hydrogens (tertiary/aromatic N) is 3. The topological polar surface area (TPSA) is 30.3 Å². The van der Waals surface area contributed by atoms with Gasteiger partial charge >= 0.3 is 0 Å². The van der Waals surface area contributed by atoms with E-state index in [0.29, 0.717) is 5.56 Å². The maximum Gasteiger partial charge on any atom is 0.252 e. The average molecular weight is 602 g/mol. The van der Waals surface area contributed by atoms with Gasteiger partial charge in [-0.3, -0.25) is 0 Å². The molecule has 0 unspecified atom stereocenters. The fourth-order valence-corrected chi connectivity index (χ4v) is 9.22. The lowest BCUT2D eigenvalue weighted by molar-refractivity contribution is 0.632. The SMILES string of the molecule is CC1(C)c2ccccc2N2c3cc(-c4cccc(C#N)c4)cc4c3B(c3cccc1c32)c1cccc2c1N4c1ccccc1C2(C)C. The molecule has 4 heteroatoms. The molecule has 0 bridgehead atoms. The predicted octanol–water partition coefficient (Wildman–Crippen LogP) is 8.59. The summed E-state index contributed by atoms with van der Waals surface area (Å²) in [5.41, 5.74) is 19.5. The molecule has 6 aromatic carbocycles. The Kier molecular flexibility index (Phi) is 5.02. The van der Waals surface area contributed by atoms with Gasteiger partial charge in [0, 0.05) is 33.6 Å². The second-order valence-electron chi connectivity index (χ2n) is 14.5. The molecule has 0 radical (unpaired) electrons. The molecular formula is C43H32BN3. The van der Waals surface area contributed by atoms with Crippen LogP contribution in [0.3, 0.4) is 0 Å². The van der Waals surface area contributed by atoms with Crippen molar-refractivity contribution in [1.82, 2.24) is 0 Å². The molecule has 0 N–H and O–H groups in total. The van der Waals surface area contributed by atoms with Gasteiger partial charge in [0.2, 0.25) is 0 Å². The number of nitriles is 1. The molecule has 4 aliphatic heterocycles. The molecule has 0 spiro atoms. The Morgan fingerprint density at radius 3 is 1.53 bits per heavy atom. The molecule has 0 amide bonds. The normalized spacial score (nSPS) is 16.3. The highest BCUT2D eigenvalue weighted by Crippen LogP contribution is 2.57. The lowest BCUT2D eigenvalue weighted by Crippen LogP contribution is -2.63. The van der Waals surface area contributed by atoms with Crippen LogP contribution in [-0.2, 0) is 10.8 Å². The van der Waals surface area contributed by atoms with Gasteiger partial charge < -0.3 is 9.80 Å². The summed E-state index contributed by atoms with van der Waals surface area (Å²) >= 11 is 0. The van der Waals surface area contributed by atoms with E-state index in [2.05, 4.69) is 147 Å². The Labute approximate surface area is 276 Å². The van der Waals surface area contributed by atoms with E-state index in [-0.39, 0.29) is 17.5 Å². The Morgan fingerprint density at radius 1 is 0.511 bits per heavy atom. The number of anilines is 6. The van der Waals surface area contributed by atoms with Gasteiger partial charge in [-0.2, -0.15) is 5.26 Å². The molecule has 222 valence electrons. The molecular weight excluding hydrogens is 569 g/mol. The smallest absolute Gasteiger partial charge is 0.252 e. The molecule has 47 heavy (non-hydrogen) atoms. The summed E-state index contributed by atoms with van der Waals surface area (Å²) in [6.07, 6.45) is 0. The first-order valence-electron chi connectivity index (χ1n) is 16.6. The van der Waals surface area contributed by atoms with Crippen molar-refractivity contribution in [2.75, 3.05) is 9.80 Å². The lowest BCUT2D eigenvalue weighted by atomic mass is 9.32. The highest BCUT2D eigenvalue weighted by molar-refractivity contribution is 7.00. The number of para-hydroxylation sites is 4. The molecule has 4 heterocycles. The third kappa shape index (κ3) is 3.22. The minimum absolute atomic E-state index is 0.0824. The number of fused-ring (bicyclic) bond motifs is 8. The van der Waals surface area contributed by atoms with Crippen molar-refractivity contribution in [3.8, 4) is 17.2 Å². The summed E-state index contributed by atoms with van der Waals surface area (Å²) in [6.45, 7) is 9.57. The third-order valence-electron chi connectivity index (χ3n) is 11.4. The fraction of sp³-hybridized carbons (Fsp3) is 0.140. The van der Waals surface area contributed by atoms with Crippen LogP contribution in [0.25, 0.3) is 11.1 Å². The van der Waals surface area contributed by atoms with E-state index in [0.717, 1.165) is 11.1 Å². The summed E-state index contributed by atoms with van der Waals surface area (Å²) in [4.78, 5) is 5.10. The summed E-state index contributed by atoms with van der Waals surface area (Å²) in [5, 5.41) is 9.85. The minimum atomic E-state index is -0.157. The largest absolute Gasteiger partial charge is 0.311 e. The maximum absolute atomic E-state index is 9.85. The van der Waals surface area contributed by atoms with Gasteiger partial charge in [0.25, 0.3) is 6.71 Å². The van der Waals surface area contributed by atoms with Crippen molar-refractivity contribution < 1.29 is 0 Å². The summed E-state index contributed by atoms with van der Waals surface area (Å²) < 4.78 is 0. The van der Waals surface area contributed by atoms with Crippen LogP contribution >= 0.6 is 0 Å². The molecule has 0 atom stereocenters. The molecule has 4 aliphatic rings. The molecule has 6 aromatic rings. The van der Waals surface area contributed by atoms with Crippen molar-refractivity contribution in [2.45, 2.75) is 38.5 Å². The third-order valence-corrected chi connectivity index (χ3v) is 11.4. The number of hydrogen-bond donors (Lipinski definition) is 0. The molecule has 0 fully saturated rings. The highest BCUT2D eigenvalue weighted by atomic mass is 15.2. The summed E-state index contributed by atoms with van der Waals surface area (Å²) in [7, 11) is 0. The van der Waals surface area contributed by atoms with Crippen molar-refractivity contribution in [2.24, 2.45) is 0 Å². The van der Waals surface area contributed by atoms with E-state index in [1.165, 1.54) is 72.8 Å². The van der Waals surface area contributed by atoms with Crippen molar-refractivity contribution in [3.63, 3.8) is 0 Å². The standard InChI is InChI=1S/C43H32BN3/c1-42(2)29-14-5-7-20-35(29)46-37-23-28(27-13-9-12-26(22-27)25-45)24-38-39(37)44(33-18-10-16-31(42)40(33)46)34-19-11-17-32-41(34)47(38)36-21-8-6-15-30(36)43(32,3)4/h5-24H,1-4H3. The van der Waals surface area contributed by atoms with Crippen LogP contribution < -0.4 is 26.2 Å². The van der Waals surface area contributed by atoms with Gasteiger partial charge in [-0.25, -0.2) is 0 Å². The van der Waals surface area contributed by atoms with Crippen LogP contribution in [0.5, 0.6) is 0 Å². The van der Waals surface area contributed by atoms with Crippen LogP contribution in [0, 0.1) is 11.3 Å². The van der Waals surface area contributed by atoms with E-state index >= 15 is 0 Å². The number of hydrogen-bond acceptors (Lipinski definition) is 3. The molecule has 3 nitrogen and oxygen atoms in total. The first kappa shape index (κ1) is 26.7. The van der Waals surface area contributed by atoms with Gasteiger partial charge in [-0.05, 0) is 86.2 Å². The number of rotatable bonds is 1. The minimum Gasteiger partial charge on any atom is -0.311 e. The maximum atomic E-state index is 9.85. The van der Waals surface area contributed by atoms with Gasteiger partial charge in [-0.15, -0.1) is 0 Å². The van der Waals surface area contributed by atoms with Crippen molar-refractivity contribution in [1.29, 1.82) is 5.26 Å².